The summed E-state index contributed by atoms with van der Waals surface area (Å²) in [4.78, 5) is 21.3. The minimum absolute atomic E-state index is 0.0307. The van der Waals surface area contributed by atoms with Crippen molar-refractivity contribution in [3.63, 3.8) is 0 Å². The van der Waals surface area contributed by atoms with Crippen molar-refractivity contribution in [2.75, 3.05) is 5.73 Å². The zero-order valence-electron chi connectivity index (χ0n) is 9.00. The molecule has 0 bridgehead atoms. The van der Waals surface area contributed by atoms with Gasteiger partial charge in [0.2, 0.25) is 0 Å². The van der Waals surface area contributed by atoms with Crippen molar-refractivity contribution in [3.8, 4) is 0 Å². The molecule has 3 N–H and O–H groups in total. The lowest BCUT2D eigenvalue weighted by Crippen LogP contribution is -2.16. The van der Waals surface area contributed by atoms with Crippen LogP contribution in [0.3, 0.4) is 0 Å². The number of rotatable bonds is 4. The van der Waals surface area contributed by atoms with Gasteiger partial charge in [0.1, 0.15) is 5.69 Å². The number of anilines is 1. The van der Waals surface area contributed by atoms with Crippen LogP contribution >= 0.6 is 0 Å². The van der Waals surface area contributed by atoms with Crippen LogP contribution in [0.2, 0.25) is 0 Å². The van der Waals surface area contributed by atoms with Gasteiger partial charge < -0.3 is 10.8 Å². The highest BCUT2D eigenvalue weighted by Gasteiger charge is 2.39. The molecule has 1 aromatic carbocycles. The smallest absolute Gasteiger partial charge is 0.311 e. The minimum atomic E-state index is -0.973. The molecule has 0 saturated heterocycles. The normalized spacial score (nSPS) is 16.5. The summed E-state index contributed by atoms with van der Waals surface area (Å²) in [6, 6.07) is 4.31. The summed E-state index contributed by atoms with van der Waals surface area (Å²) in [6.45, 7) is 0. The van der Waals surface area contributed by atoms with E-state index in [2.05, 4.69) is 0 Å². The van der Waals surface area contributed by atoms with Gasteiger partial charge in [-0.2, -0.15) is 0 Å². The molecular weight excluding hydrogens is 224 g/mol. The van der Waals surface area contributed by atoms with E-state index in [0.717, 1.165) is 12.8 Å². The van der Waals surface area contributed by atoms with Gasteiger partial charge in [-0.05, 0) is 24.3 Å². The molecule has 0 heterocycles. The molecule has 17 heavy (non-hydrogen) atoms. The van der Waals surface area contributed by atoms with Gasteiger partial charge in [-0.15, -0.1) is 0 Å². The molecule has 0 aliphatic heterocycles. The van der Waals surface area contributed by atoms with Gasteiger partial charge >= 0.3 is 5.97 Å². The van der Waals surface area contributed by atoms with Crippen molar-refractivity contribution in [1.29, 1.82) is 0 Å². The van der Waals surface area contributed by atoms with Gasteiger partial charge in [-0.1, -0.05) is 12.1 Å². The summed E-state index contributed by atoms with van der Waals surface area (Å²) in [7, 11) is 0. The van der Waals surface area contributed by atoms with Crippen LogP contribution in [0.25, 0.3) is 0 Å². The molecule has 6 nitrogen and oxygen atoms in total. The van der Waals surface area contributed by atoms with Crippen LogP contribution in [0.1, 0.15) is 24.3 Å². The van der Waals surface area contributed by atoms with Gasteiger partial charge in [-0.25, -0.2) is 0 Å². The van der Waals surface area contributed by atoms with Crippen LogP contribution in [0.15, 0.2) is 18.2 Å². The van der Waals surface area contributed by atoms with Gasteiger partial charge in [0.05, 0.1) is 10.8 Å². The number of hydrogen-bond acceptors (Lipinski definition) is 4. The Bertz CT molecular complexity index is 482. The Morgan fingerprint density at radius 2 is 2.18 bits per heavy atom. The van der Waals surface area contributed by atoms with Crippen LogP contribution in [-0.2, 0) is 4.79 Å². The Hall–Kier alpha value is -2.11. The number of carboxylic acid groups (broad SMARTS) is 1. The predicted octanol–water partition coefficient (Wildman–Crippen LogP) is 1.76. The van der Waals surface area contributed by atoms with Crippen molar-refractivity contribution in [2.45, 2.75) is 18.8 Å². The molecule has 1 atom stereocenters. The minimum Gasteiger partial charge on any atom is -0.481 e. The predicted molar refractivity (Wildman–Crippen MR) is 60.6 cm³/mol. The van der Waals surface area contributed by atoms with Crippen molar-refractivity contribution in [2.24, 2.45) is 5.92 Å². The first kappa shape index (κ1) is 11.4. The molecule has 90 valence electrons. The lowest BCUT2D eigenvalue weighted by Gasteiger charge is -2.13. The number of para-hydroxylation sites is 1. The maximum atomic E-state index is 11.2. The highest BCUT2D eigenvalue weighted by Crippen LogP contribution is 2.45. The number of nitrogens with two attached hydrogens (primary N) is 1. The Kier molecular flexibility index (Phi) is 2.71. The zero-order chi connectivity index (χ0) is 12.6. The maximum Gasteiger partial charge on any atom is 0.311 e. The number of aliphatic carboxylic acids is 1. The maximum absolute atomic E-state index is 11.2. The molecular formula is C11H12N2O4. The average molecular weight is 236 g/mol. The van der Waals surface area contributed by atoms with Crippen LogP contribution in [0.4, 0.5) is 11.4 Å². The Morgan fingerprint density at radius 1 is 1.53 bits per heavy atom. The second-order valence-electron chi connectivity index (χ2n) is 4.19. The first-order valence-corrected chi connectivity index (χ1v) is 5.28. The van der Waals surface area contributed by atoms with E-state index in [9.17, 15) is 14.9 Å². The first-order chi connectivity index (χ1) is 8.02. The third-order valence-electron chi connectivity index (χ3n) is 3.01. The molecule has 0 amide bonds. The van der Waals surface area contributed by atoms with Crippen molar-refractivity contribution < 1.29 is 14.8 Å². The standard InChI is InChI=1S/C11H12N2O4/c12-10-7(2-1-3-8(10)13(16)17)9(11(14)15)6-4-5-6/h1-3,6,9H,4-5,12H2,(H,14,15). The van der Waals surface area contributed by atoms with E-state index in [1.165, 1.54) is 12.1 Å². The van der Waals surface area contributed by atoms with E-state index in [1.807, 2.05) is 0 Å². The number of nitro groups is 1. The lowest BCUT2D eigenvalue weighted by atomic mass is 9.92. The largest absolute Gasteiger partial charge is 0.481 e. The molecule has 1 unspecified atom stereocenters. The monoisotopic (exact) mass is 236 g/mol. The number of benzene rings is 1. The first-order valence-electron chi connectivity index (χ1n) is 5.28. The van der Waals surface area contributed by atoms with Crippen LogP contribution in [-0.4, -0.2) is 16.0 Å². The van der Waals surface area contributed by atoms with Crippen molar-refractivity contribution in [1.82, 2.24) is 0 Å². The second-order valence-corrected chi connectivity index (χ2v) is 4.19. The number of nitrogens with zero attached hydrogens (tertiary/aromatic N) is 1. The molecule has 1 aliphatic carbocycles. The van der Waals surface area contributed by atoms with Crippen molar-refractivity contribution >= 4 is 17.3 Å². The number of hydrogen-bond donors (Lipinski definition) is 2. The fraction of sp³-hybridized carbons (Fsp3) is 0.364. The molecule has 2 rings (SSSR count). The summed E-state index contributed by atoms with van der Waals surface area (Å²) in [5.41, 5.74) is 5.78. The Morgan fingerprint density at radius 3 is 2.65 bits per heavy atom. The fourth-order valence-corrected chi connectivity index (χ4v) is 2.02. The number of nitrogen functional groups attached to an aromatic ring is 1. The quantitative estimate of drug-likeness (QED) is 0.470. The summed E-state index contributed by atoms with van der Waals surface area (Å²) in [6.07, 6.45) is 1.66. The van der Waals surface area contributed by atoms with E-state index < -0.39 is 16.8 Å². The summed E-state index contributed by atoms with van der Waals surface area (Å²) in [5, 5.41) is 19.9. The molecule has 1 saturated carbocycles. The molecule has 0 radical (unpaired) electrons. The highest BCUT2D eigenvalue weighted by atomic mass is 16.6. The molecule has 1 aromatic rings. The van der Waals surface area contributed by atoms with Crippen LogP contribution in [0.5, 0.6) is 0 Å². The zero-order valence-corrected chi connectivity index (χ0v) is 9.00. The number of carbonyl (C=O) groups is 1. The third-order valence-corrected chi connectivity index (χ3v) is 3.01. The Balaban J connectivity index is 2.46. The van der Waals surface area contributed by atoms with E-state index in [4.69, 9.17) is 10.8 Å². The highest BCUT2D eigenvalue weighted by molar-refractivity contribution is 5.81. The van der Waals surface area contributed by atoms with E-state index >= 15 is 0 Å². The lowest BCUT2D eigenvalue weighted by molar-refractivity contribution is -0.383. The van der Waals surface area contributed by atoms with Crippen LogP contribution < -0.4 is 5.73 Å². The van der Waals surface area contributed by atoms with Gasteiger partial charge in [-0.3, -0.25) is 14.9 Å². The average Bonchev–Trinajstić information content (AvgIpc) is 3.04. The topological polar surface area (TPSA) is 106 Å². The fourth-order valence-electron chi connectivity index (χ4n) is 2.02. The Labute approximate surface area is 97.2 Å². The van der Waals surface area contributed by atoms with Gasteiger partial charge in [0, 0.05) is 6.07 Å². The van der Waals surface area contributed by atoms with Gasteiger partial charge in [0.15, 0.2) is 0 Å². The van der Waals surface area contributed by atoms with Crippen molar-refractivity contribution in [3.05, 3.63) is 33.9 Å². The van der Waals surface area contributed by atoms with E-state index in [0.29, 0.717) is 5.56 Å². The van der Waals surface area contributed by atoms with E-state index in [1.54, 1.807) is 6.07 Å². The number of carboxylic acids is 1. The summed E-state index contributed by atoms with van der Waals surface area (Å²) >= 11 is 0. The second kappa shape index (κ2) is 4.04. The molecule has 6 heteroatoms. The van der Waals surface area contributed by atoms with E-state index in [-0.39, 0.29) is 17.3 Å². The molecule has 1 aliphatic rings. The number of nitro benzene ring substituents is 1. The summed E-state index contributed by atoms with van der Waals surface area (Å²) < 4.78 is 0. The molecule has 0 aromatic heterocycles. The van der Waals surface area contributed by atoms with Crippen LogP contribution in [0, 0.1) is 16.0 Å². The molecule has 0 spiro atoms. The summed E-state index contributed by atoms with van der Waals surface area (Å²) in [5.74, 6) is -1.65. The van der Waals surface area contributed by atoms with Gasteiger partial charge in [0.25, 0.3) is 5.69 Å². The SMILES string of the molecule is Nc1c(C(C(=O)O)C2CC2)cccc1[N+](=O)[O-]. The molecule has 1 fully saturated rings. The third kappa shape index (κ3) is 2.06.